The average Bonchev–Trinajstić information content (AvgIpc) is 3.31. The fraction of sp³-hybridized carbons (Fsp3) is 0.480. The third-order valence-electron chi connectivity index (χ3n) is 5.34. The Hall–Kier alpha value is -2.73. The van der Waals surface area contributed by atoms with Gasteiger partial charge in [0.2, 0.25) is 0 Å². The third kappa shape index (κ3) is 7.47. The fourth-order valence-corrected chi connectivity index (χ4v) is 3.47. The lowest BCUT2D eigenvalue weighted by atomic mass is 10.1. The highest BCUT2D eigenvalue weighted by Gasteiger charge is 2.17. The summed E-state index contributed by atoms with van der Waals surface area (Å²) >= 11 is 0. The number of ether oxygens (including phenoxy) is 3. The van der Waals surface area contributed by atoms with E-state index in [-0.39, 0.29) is 0 Å². The molecule has 0 bridgehead atoms. The van der Waals surface area contributed by atoms with E-state index >= 15 is 0 Å². The Labute approximate surface area is 186 Å². The van der Waals surface area contributed by atoms with Crippen LogP contribution in [-0.2, 0) is 17.7 Å². The molecule has 0 radical (unpaired) electrons. The van der Waals surface area contributed by atoms with Gasteiger partial charge in [0.25, 0.3) is 0 Å². The van der Waals surface area contributed by atoms with E-state index in [1.165, 1.54) is 11.1 Å². The molecule has 0 amide bonds. The van der Waals surface area contributed by atoms with Crippen molar-refractivity contribution in [3.05, 3.63) is 59.2 Å². The molecule has 0 aromatic heterocycles. The maximum absolute atomic E-state index is 6.15. The summed E-state index contributed by atoms with van der Waals surface area (Å²) in [4.78, 5) is 4.78. The predicted octanol–water partition coefficient (Wildman–Crippen LogP) is 3.72. The molecule has 1 saturated heterocycles. The SMILES string of the molecule is CCNC(=NCc1ccc(C)cc1OCC1CCOC1)NCCc1ccc(OC)cc1. The number of aryl methyl sites for hydroxylation is 1. The van der Waals surface area contributed by atoms with Crippen LogP contribution in [0.25, 0.3) is 0 Å². The number of hydrogen-bond donors (Lipinski definition) is 2. The molecule has 1 aliphatic heterocycles. The van der Waals surface area contributed by atoms with E-state index in [0.717, 1.165) is 62.2 Å². The maximum Gasteiger partial charge on any atom is 0.191 e. The minimum absolute atomic E-state index is 0.480. The minimum atomic E-state index is 0.480. The number of nitrogens with one attached hydrogen (secondary N) is 2. The van der Waals surface area contributed by atoms with Crippen molar-refractivity contribution in [2.75, 3.05) is 40.0 Å². The van der Waals surface area contributed by atoms with Crippen molar-refractivity contribution in [3.63, 3.8) is 0 Å². The van der Waals surface area contributed by atoms with Gasteiger partial charge < -0.3 is 24.8 Å². The Morgan fingerprint density at radius 3 is 2.71 bits per heavy atom. The summed E-state index contributed by atoms with van der Waals surface area (Å²) < 4.78 is 16.8. The maximum atomic E-state index is 6.15. The van der Waals surface area contributed by atoms with Crippen LogP contribution in [0, 0.1) is 12.8 Å². The lowest BCUT2D eigenvalue weighted by molar-refractivity contribution is 0.166. The molecule has 0 aliphatic carbocycles. The van der Waals surface area contributed by atoms with Gasteiger partial charge >= 0.3 is 0 Å². The van der Waals surface area contributed by atoms with Crippen molar-refractivity contribution >= 4 is 5.96 Å². The molecule has 0 saturated carbocycles. The van der Waals surface area contributed by atoms with E-state index in [1.807, 2.05) is 12.1 Å². The molecule has 0 spiro atoms. The monoisotopic (exact) mass is 425 g/mol. The molecule has 1 fully saturated rings. The van der Waals surface area contributed by atoms with E-state index in [2.05, 4.69) is 54.8 Å². The molecule has 168 valence electrons. The summed E-state index contributed by atoms with van der Waals surface area (Å²) in [6, 6.07) is 14.5. The van der Waals surface area contributed by atoms with E-state index in [4.69, 9.17) is 19.2 Å². The molecule has 2 aromatic carbocycles. The summed E-state index contributed by atoms with van der Waals surface area (Å²) in [5, 5.41) is 6.75. The van der Waals surface area contributed by atoms with Crippen LogP contribution in [0.2, 0.25) is 0 Å². The van der Waals surface area contributed by atoms with Gasteiger partial charge in [0, 0.05) is 31.2 Å². The summed E-state index contributed by atoms with van der Waals surface area (Å²) in [5.41, 5.74) is 3.54. The predicted molar refractivity (Wildman–Crippen MR) is 125 cm³/mol. The van der Waals surface area contributed by atoms with Crippen molar-refractivity contribution in [3.8, 4) is 11.5 Å². The largest absolute Gasteiger partial charge is 0.497 e. The van der Waals surface area contributed by atoms with Crippen molar-refractivity contribution in [1.29, 1.82) is 0 Å². The summed E-state index contributed by atoms with van der Waals surface area (Å²) in [7, 11) is 1.68. The second kappa shape index (κ2) is 12.2. The van der Waals surface area contributed by atoms with Crippen LogP contribution in [-0.4, -0.2) is 46.0 Å². The second-order valence-corrected chi connectivity index (χ2v) is 7.87. The van der Waals surface area contributed by atoms with E-state index in [9.17, 15) is 0 Å². The molecule has 1 aliphatic rings. The first-order valence-corrected chi connectivity index (χ1v) is 11.1. The number of aliphatic imine (C=N–C) groups is 1. The molecule has 3 rings (SSSR count). The molecular formula is C25H35N3O3. The Balaban J connectivity index is 1.56. The van der Waals surface area contributed by atoms with E-state index in [1.54, 1.807) is 7.11 Å². The van der Waals surface area contributed by atoms with Gasteiger partial charge in [-0.05, 0) is 56.0 Å². The number of rotatable bonds is 10. The van der Waals surface area contributed by atoms with Gasteiger partial charge in [-0.15, -0.1) is 0 Å². The van der Waals surface area contributed by atoms with Crippen LogP contribution >= 0.6 is 0 Å². The smallest absolute Gasteiger partial charge is 0.191 e. The highest BCUT2D eigenvalue weighted by molar-refractivity contribution is 5.79. The van der Waals surface area contributed by atoms with E-state index in [0.29, 0.717) is 19.1 Å². The Morgan fingerprint density at radius 1 is 1.16 bits per heavy atom. The summed E-state index contributed by atoms with van der Waals surface area (Å²) in [6.45, 7) is 8.67. The lowest BCUT2D eigenvalue weighted by Crippen LogP contribution is -2.38. The quantitative estimate of drug-likeness (QED) is 0.449. The summed E-state index contributed by atoms with van der Waals surface area (Å²) in [6.07, 6.45) is 1.98. The number of nitrogens with zero attached hydrogens (tertiary/aromatic N) is 1. The van der Waals surface area contributed by atoms with Crippen LogP contribution in [0.3, 0.4) is 0 Å². The first-order chi connectivity index (χ1) is 15.2. The number of hydrogen-bond acceptors (Lipinski definition) is 4. The second-order valence-electron chi connectivity index (χ2n) is 7.87. The van der Waals surface area contributed by atoms with Crippen LogP contribution < -0.4 is 20.1 Å². The first kappa shape index (κ1) is 22.9. The molecule has 2 aromatic rings. The molecule has 2 N–H and O–H groups in total. The molecule has 1 unspecified atom stereocenters. The molecule has 31 heavy (non-hydrogen) atoms. The van der Waals surface area contributed by atoms with Crippen molar-refractivity contribution in [1.82, 2.24) is 10.6 Å². The molecule has 6 nitrogen and oxygen atoms in total. The third-order valence-corrected chi connectivity index (χ3v) is 5.34. The number of benzene rings is 2. The van der Waals surface area contributed by atoms with Gasteiger partial charge in [-0.1, -0.05) is 24.3 Å². The zero-order valence-corrected chi connectivity index (χ0v) is 18.9. The van der Waals surface area contributed by atoms with Gasteiger partial charge in [0.15, 0.2) is 5.96 Å². The Kier molecular flexibility index (Phi) is 9.03. The van der Waals surface area contributed by atoms with Gasteiger partial charge in [0.05, 0.1) is 26.9 Å². The number of methoxy groups -OCH3 is 1. The van der Waals surface area contributed by atoms with Crippen LogP contribution in [0.4, 0.5) is 0 Å². The minimum Gasteiger partial charge on any atom is -0.497 e. The Bertz CT molecular complexity index is 830. The first-order valence-electron chi connectivity index (χ1n) is 11.1. The van der Waals surface area contributed by atoms with Gasteiger partial charge in [-0.2, -0.15) is 0 Å². The summed E-state index contributed by atoms with van der Waals surface area (Å²) in [5.74, 6) is 3.09. The zero-order valence-electron chi connectivity index (χ0n) is 18.9. The Morgan fingerprint density at radius 2 is 2.00 bits per heavy atom. The molecule has 1 heterocycles. The van der Waals surface area contributed by atoms with Gasteiger partial charge in [0.1, 0.15) is 11.5 Å². The van der Waals surface area contributed by atoms with Gasteiger partial charge in [-0.25, -0.2) is 4.99 Å². The lowest BCUT2D eigenvalue weighted by Gasteiger charge is -2.15. The highest BCUT2D eigenvalue weighted by Crippen LogP contribution is 2.23. The molecule has 1 atom stereocenters. The van der Waals surface area contributed by atoms with Crippen LogP contribution in [0.5, 0.6) is 11.5 Å². The topological polar surface area (TPSA) is 64.1 Å². The fourth-order valence-electron chi connectivity index (χ4n) is 3.47. The average molecular weight is 426 g/mol. The number of guanidine groups is 1. The van der Waals surface area contributed by atoms with Crippen LogP contribution in [0.15, 0.2) is 47.5 Å². The highest BCUT2D eigenvalue weighted by atomic mass is 16.5. The van der Waals surface area contributed by atoms with Gasteiger partial charge in [-0.3, -0.25) is 0 Å². The van der Waals surface area contributed by atoms with Crippen molar-refractivity contribution in [2.45, 2.75) is 33.2 Å². The molecule has 6 heteroatoms. The molecular weight excluding hydrogens is 390 g/mol. The normalized spacial score (nSPS) is 16.2. The standard InChI is InChI=1S/C25H35N3O3/c1-4-26-25(27-13-11-20-6-9-23(29-3)10-7-20)28-16-22-8-5-19(2)15-24(22)31-18-21-12-14-30-17-21/h5-10,15,21H,4,11-14,16-18H2,1-3H3,(H2,26,27,28). The van der Waals surface area contributed by atoms with Crippen molar-refractivity contribution < 1.29 is 14.2 Å². The zero-order chi connectivity index (χ0) is 21.9. The van der Waals surface area contributed by atoms with Crippen molar-refractivity contribution in [2.24, 2.45) is 10.9 Å². The van der Waals surface area contributed by atoms with Crippen LogP contribution in [0.1, 0.15) is 30.0 Å². The van der Waals surface area contributed by atoms with E-state index < -0.39 is 0 Å².